The molecular formula is C15H22N2O3S. The number of amides is 2. The molecule has 0 aliphatic carbocycles. The Labute approximate surface area is 129 Å². The Morgan fingerprint density at radius 3 is 2.95 bits per heavy atom. The van der Waals surface area contributed by atoms with E-state index in [-0.39, 0.29) is 17.9 Å². The van der Waals surface area contributed by atoms with Crippen LogP contribution in [0.2, 0.25) is 0 Å². The van der Waals surface area contributed by atoms with Gasteiger partial charge in [0.15, 0.2) is 0 Å². The molecule has 6 heteroatoms. The first-order chi connectivity index (χ1) is 10.0. The second kappa shape index (κ2) is 7.04. The SMILES string of the molecule is CC(O)CCN(C)C(=O)[C@@H]1CCCN1C(=O)c1cccs1. The van der Waals surface area contributed by atoms with E-state index in [2.05, 4.69) is 0 Å². The van der Waals surface area contributed by atoms with Crippen molar-refractivity contribution in [2.45, 2.75) is 38.3 Å². The number of likely N-dealkylation sites (N-methyl/N-ethyl adjacent to an activating group) is 1. The van der Waals surface area contributed by atoms with Crippen LogP contribution in [0.3, 0.4) is 0 Å². The van der Waals surface area contributed by atoms with Gasteiger partial charge in [-0.3, -0.25) is 9.59 Å². The van der Waals surface area contributed by atoms with Gasteiger partial charge in [-0.05, 0) is 37.6 Å². The predicted molar refractivity (Wildman–Crippen MR) is 82.3 cm³/mol. The molecular weight excluding hydrogens is 288 g/mol. The highest BCUT2D eigenvalue weighted by atomic mass is 32.1. The van der Waals surface area contributed by atoms with Crippen molar-refractivity contribution < 1.29 is 14.7 Å². The number of carbonyl (C=O) groups excluding carboxylic acids is 2. The normalized spacial score (nSPS) is 19.6. The number of aliphatic hydroxyl groups is 1. The number of nitrogens with zero attached hydrogens (tertiary/aromatic N) is 2. The Kier molecular flexibility index (Phi) is 5.36. The van der Waals surface area contributed by atoms with E-state index in [4.69, 9.17) is 0 Å². The zero-order valence-electron chi connectivity index (χ0n) is 12.5. The number of likely N-dealkylation sites (tertiary alicyclic amines) is 1. The lowest BCUT2D eigenvalue weighted by Crippen LogP contribution is -2.46. The summed E-state index contributed by atoms with van der Waals surface area (Å²) in [6, 6.07) is 3.28. The number of thiophene rings is 1. The van der Waals surface area contributed by atoms with Gasteiger partial charge in [-0.15, -0.1) is 11.3 Å². The zero-order valence-corrected chi connectivity index (χ0v) is 13.3. The Hall–Kier alpha value is -1.40. The van der Waals surface area contributed by atoms with Crippen LogP contribution in [-0.4, -0.2) is 59.0 Å². The summed E-state index contributed by atoms with van der Waals surface area (Å²) in [5.41, 5.74) is 0. The molecule has 1 unspecified atom stereocenters. The van der Waals surface area contributed by atoms with Crippen LogP contribution in [0.5, 0.6) is 0 Å². The lowest BCUT2D eigenvalue weighted by Gasteiger charge is -2.28. The van der Waals surface area contributed by atoms with Gasteiger partial charge in [0, 0.05) is 20.1 Å². The van der Waals surface area contributed by atoms with Crippen molar-refractivity contribution in [1.82, 2.24) is 9.80 Å². The standard InChI is InChI=1S/C15H22N2O3S/c1-11(18)7-9-16(2)14(19)12-5-3-8-17(12)15(20)13-6-4-10-21-13/h4,6,10-12,18H,3,5,7-9H2,1-2H3/t11?,12-/m0/s1. The van der Waals surface area contributed by atoms with E-state index in [0.29, 0.717) is 24.4 Å². The second-order valence-corrected chi connectivity index (χ2v) is 6.48. The molecule has 2 heterocycles. The maximum atomic E-state index is 12.5. The highest BCUT2D eigenvalue weighted by Crippen LogP contribution is 2.23. The molecule has 21 heavy (non-hydrogen) atoms. The minimum absolute atomic E-state index is 0.0296. The summed E-state index contributed by atoms with van der Waals surface area (Å²) < 4.78 is 0. The van der Waals surface area contributed by atoms with Crippen molar-refractivity contribution in [2.24, 2.45) is 0 Å². The van der Waals surface area contributed by atoms with Gasteiger partial charge in [0.1, 0.15) is 6.04 Å². The molecule has 2 atom stereocenters. The summed E-state index contributed by atoms with van der Waals surface area (Å²) in [5.74, 6) is -0.0807. The molecule has 0 bridgehead atoms. The minimum Gasteiger partial charge on any atom is -0.393 e. The third-order valence-corrected chi connectivity index (χ3v) is 4.65. The molecule has 2 rings (SSSR count). The number of carbonyl (C=O) groups is 2. The van der Waals surface area contributed by atoms with E-state index in [1.54, 1.807) is 29.8 Å². The van der Waals surface area contributed by atoms with Crippen molar-refractivity contribution in [3.05, 3.63) is 22.4 Å². The fourth-order valence-corrected chi connectivity index (χ4v) is 3.23. The van der Waals surface area contributed by atoms with Crippen LogP contribution in [0.25, 0.3) is 0 Å². The van der Waals surface area contributed by atoms with E-state index in [1.165, 1.54) is 11.3 Å². The second-order valence-electron chi connectivity index (χ2n) is 5.53. The number of hydrogen-bond donors (Lipinski definition) is 1. The number of rotatable bonds is 5. The fourth-order valence-electron chi connectivity index (χ4n) is 2.55. The summed E-state index contributed by atoms with van der Waals surface area (Å²) in [6.45, 7) is 2.85. The first-order valence-electron chi connectivity index (χ1n) is 7.28. The molecule has 116 valence electrons. The quantitative estimate of drug-likeness (QED) is 0.898. The molecule has 1 aromatic rings. The van der Waals surface area contributed by atoms with Crippen molar-refractivity contribution in [3.63, 3.8) is 0 Å². The Bertz CT molecular complexity index is 487. The minimum atomic E-state index is -0.423. The molecule has 0 saturated carbocycles. The Morgan fingerprint density at radius 1 is 1.57 bits per heavy atom. The molecule has 0 radical (unpaired) electrons. The molecule has 1 saturated heterocycles. The molecule has 1 aromatic heterocycles. The molecule has 5 nitrogen and oxygen atoms in total. The van der Waals surface area contributed by atoms with Gasteiger partial charge in [-0.1, -0.05) is 6.07 Å². The largest absolute Gasteiger partial charge is 0.393 e. The number of aliphatic hydroxyl groups excluding tert-OH is 1. The van der Waals surface area contributed by atoms with Crippen LogP contribution in [-0.2, 0) is 4.79 Å². The summed E-state index contributed by atoms with van der Waals surface area (Å²) in [7, 11) is 1.73. The molecule has 1 aliphatic heterocycles. The Balaban J connectivity index is 2.01. The summed E-state index contributed by atoms with van der Waals surface area (Å²) >= 11 is 1.41. The van der Waals surface area contributed by atoms with Gasteiger partial charge in [0.2, 0.25) is 5.91 Å². The van der Waals surface area contributed by atoms with Crippen LogP contribution in [0.1, 0.15) is 35.9 Å². The van der Waals surface area contributed by atoms with Crippen molar-refractivity contribution in [1.29, 1.82) is 0 Å². The van der Waals surface area contributed by atoms with E-state index < -0.39 is 6.10 Å². The van der Waals surface area contributed by atoms with Gasteiger partial charge < -0.3 is 14.9 Å². The molecule has 1 N–H and O–H groups in total. The highest BCUT2D eigenvalue weighted by molar-refractivity contribution is 7.12. The lowest BCUT2D eigenvalue weighted by atomic mass is 10.1. The smallest absolute Gasteiger partial charge is 0.264 e. The average Bonchev–Trinajstić information content (AvgIpc) is 3.13. The third kappa shape index (κ3) is 3.83. The van der Waals surface area contributed by atoms with Crippen LogP contribution in [0.15, 0.2) is 17.5 Å². The maximum absolute atomic E-state index is 12.5. The molecule has 1 aliphatic rings. The first-order valence-corrected chi connectivity index (χ1v) is 8.16. The van der Waals surface area contributed by atoms with Crippen LogP contribution in [0, 0.1) is 0 Å². The van der Waals surface area contributed by atoms with Gasteiger partial charge in [0.05, 0.1) is 11.0 Å². The maximum Gasteiger partial charge on any atom is 0.264 e. The third-order valence-electron chi connectivity index (χ3n) is 3.79. The predicted octanol–water partition coefficient (Wildman–Crippen LogP) is 1.58. The van der Waals surface area contributed by atoms with E-state index >= 15 is 0 Å². The lowest BCUT2D eigenvalue weighted by molar-refractivity contribution is -0.134. The molecule has 0 aromatic carbocycles. The van der Waals surface area contributed by atoms with Gasteiger partial charge in [-0.25, -0.2) is 0 Å². The average molecular weight is 310 g/mol. The fraction of sp³-hybridized carbons (Fsp3) is 0.600. The molecule has 0 spiro atoms. The summed E-state index contributed by atoms with van der Waals surface area (Å²) in [6.07, 6.45) is 1.70. The molecule has 2 amide bonds. The van der Waals surface area contributed by atoms with Crippen LogP contribution in [0.4, 0.5) is 0 Å². The summed E-state index contributed by atoms with van der Waals surface area (Å²) in [4.78, 5) is 28.9. The highest BCUT2D eigenvalue weighted by Gasteiger charge is 2.36. The van der Waals surface area contributed by atoms with E-state index in [0.717, 1.165) is 12.8 Å². The summed E-state index contributed by atoms with van der Waals surface area (Å²) in [5, 5.41) is 11.2. The van der Waals surface area contributed by atoms with E-state index in [9.17, 15) is 14.7 Å². The topological polar surface area (TPSA) is 60.9 Å². The Morgan fingerprint density at radius 2 is 2.33 bits per heavy atom. The monoisotopic (exact) mass is 310 g/mol. The van der Waals surface area contributed by atoms with Crippen molar-refractivity contribution in [3.8, 4) is 0 Å². The van der Waals surface area contributed by atoms with Crippen molar-refractivity contribution in [2.75, 3.05) is 20.1 Å². The van der Waals surface area contributed by atoms with Gasteiger partial charge in [-0.2, -0.15) is 0 Å². The van der Waals surface area contributed by atoms with Crippen LogP contribution < -0.4 is 0 Å². The van der Waals surface area contributed by atoms with Gasteiger partial charge in [0.25, 0.3) is 5.91 Å². The van der Waals surface area contributed by atoms with Crippen molar-refractivity contribution >= 4 is 23.2 Å². The van der Waals surface area contributed by atoms with Gasteiger partial charge >= 0.3 is 0 Å². The molecule has 1 fully saturated rings. The number of hydrogen-bond acceptors (Lipinski definition) is 4. The first kappa shape index (κ1) is 16.0. The van der Waals surface area contributed by atoms with Crippen LogP contribution >= 0.6 is 11.3 Å². The zero-order chi connectivity index (χ0) is 15.4. The van der Waals surface area contributed by atoms with E-state index in [1.807, 2.05) is 11.4 Å².